The van der Waals surface area contributed by atoms with Crippen molar-refractivity contribution in [1.29, 1.82) is 0 Å². The molecule has 7 nitrogen and oxygen atoms in total. The summed E-state index contributed by atoms with van der Waals surface area (Å²) < 4.78 is 37.2. The van der Waals surface area contributed by atoms with Crippen LogP contribution in [0, 0.1) is 5.82 Å². The molecule has 1 aliphatic heterocycles. The SMILES string of the molecule is CC(C)(C)OC(=O)Nc1ccc(-c2ccc(F)cc2)cc1NC(=O)c1ccc(S2(=O)=N[C@@H](c3ccccc3)CC2)cc1. The standard InChI is InChI=1S/C33H32FN3O4S/c1-33(2,3)41-32(39)36-29-18-13-25(22-9-14-26(34)15-10-22)21-30(29)35-31(38)24-11-16-27(17-12-24)42(40)20-19-28(37-42)23-7-5-4-6-8-23/h4-18,21,28H,19-20H2,1-3H3,(H,35,38)(H,36,39)/t28-,42?/m1/s1. The lowest BCUT2D eigenvalue weighted by atomic mass is 10.0. The van der Waals surface area contributed by atoms with Crippen molar-refractivity contribution in [1.82, 2.24) is 0 Å². The first-order valence-electron chi connectivity index (χ1n) is 13.6. The van der Waals surface area contributed by atoms with Gasteiger partial charge in [-0.2, -0.15) is 0 Å². The molecule has 2 N–H and O–H groups in total. The first kappa shape index (κ1) is 29.0. The number of carbonyl (C=O) groups excluding carboxylic acids is 2. The number of anilines is 2. The van der Waals surface area contributed by atoms with Crippen LogP contribution < -0.4 is 10.6 Å². The van der Waals surface area contributed by atoms with Crippen LogP contribution in [-0.2, 0) is 14.5 Å². The average molecular weight is 586 g/mol. The van der Waals surface area contributed by atoms with Gasteiger partial charge in [-0.25, -0.2) is 17.8 Å². The van der Waals surface area contributed by atoms with Crippen LogP contribution >= 0.6 is 0 Å². The first-order chi connectivity index (χ1) is 20.0. The predicted molar refractivity (Wildman–Crippen MR) is 164 cm³/mol. The zero-order chi connectivity index (χ0) is 29.9. The minimum Gasteiger partial charge on any atom is -0.444 e. The zero-order valence-electron chi connectivity index (χ0n) is 23.6. The van der Waals surface area contributed by atoms with E-state index < -0.39 is 27.3 Å². The quantitative estimate of drug-likeness (QED) is 0.239. The number of carbonyl (C=O) groups is 2. The number of ether oxygens (including phenoxy) is 1. The number of halogens is 1. The number of hydrogen-bond donors (Lipinski definition) is 2. The smallest absolute Gasteiger partial charge is 0.412 e. The van der Waals surface area contributed by atoms with E-state index in [0.717, 1.165) is 11.1 Å². The summed E-state index contributed by atoms with van der Waals surface area (Å²) in [7, 11) is -2.60. The van der Waals surface area contributed by atoms with Crippen molar-refractivity contribution in [2.75, 3.05) is 16.4 Å². The van der Waals surface area contributed by atoms with Crippen molar-refractivity contribution >= 4 is 33.1 Å². The molecule has 4 aromatic carbocycles. The molecular formula is C33H32FN3O4S. The molecule has 42 heavy (non-hydrogen) atoms. The van der Waals surface area contributed by atoms with Crippen LogP contribution in [0.3, 0.4) is 0 Å². The molecule has 216 valence electrons. The Morgan fingerprint density at radius 2 is 1.52 bits per heavy atom. The molecule has 0 fully saturated rings. The second kappa shape index (κ2) is 11.8. The predicted octanol–water partition coefficient (Wildman–Crippen LogP) is 8.06. The van der Waals surface area contributed by atoms with E-state index >= 15 is 0 Å². The molecule has 0 aromatic heterocycles. The van der Waals surface area contributed by atoms with E-state index in [0.29, 0.717) is 39.6 Å². The summed E-state index contributed by atoms with van der Waals surface area (Å²) in [4.78, 5) is 26.4. The Kier molecular flexibility index (Phi) is 8.13. The van der Waals surface area contributed by atoms with Crippen molar-refractivity contribution in [3.05, 3.63) is 114 Å². The third-order valence-corrected chi connectivity index (χ3v) is 9.11. The Bertz CT molecular complexity index is 1720. The van der Waals surface area contributed by atoms with Gasteiger partial charge in [-0.15, -0.1) is 0 Å². The number of benzene rings is 4. The van der Waals surface area contributed by atoms with Crippen LogP contribution in [0.25, 0.3) is 11.1 Å². The van der Waals surface area contributed by atoms with Crippen molar-refractivity contribution in [3.8, 4) is 11.1 Å². The molecule has 5 rings (SSSR count). The van der Waals surface area contributed by atoms with Crippen LogP contribution in [0.5, 0.6) is 0 Å². The molecule has 0 spiro atoms. The Morgan fingerprint density at radius 1 is 0.857 bits per heavy atom. The lowest BCUT2D eigenvalue weighted by Crippen LogP contribution is -2.27. The van der Waals surface area contributed by atoms with Crippen molar-refractivity contribution < 1.29 is 22.9 Å². The van der Waals surface area contributed by atoms with Crippen molar-refractivity contribution in [3.63, 3.8) is 0 Å². The average Bonchev–Trinajstić information content (AvgIpc) is 3.37. The van der Waals surface area contributed by atoms with Gasteiger partial charge in [-0.1, -0.05) is 48.5 Å². The Labute approximate surface area is 245 Å². The summed E-state index contributed by atoms with van der Waals surface area (Å²) in [6, 6.07) is 27.4. The highest BCUT2D eigenvalue weighted by Crippen LogP contribution is 2.34. The molecule has 1 heterocycles. The van der Waals surface area contributed by atoms with E-state index in [1.807, 2.05) is 30.3 Å². The van der Waals surface area contributed by atoms with Gasteiger partial charge in [-0.3, -0.25) is 10.1 Å². The van der Waals surface area contributed by atoms with Gasteiger partial charge in [0.1, 0.15) is 11.4 Å². The lowest BCUT2D eigenvalue weighted by Gasteiger charge is -2.21. The molecule has 0 bridgehead atoms. The molecule has 2 amide bonds. The van der Waals surface area contributed by atoms with E-state index in [9.17, 15) is 18.2 Å². The largest absolute Gasteiger partial charge is 0.444 e. The molecule has 0 radical (unpaired) electrons. The first-order valence-corrected chi connectivity index (χ1v) is 15.3. The normalized spacial score (nSPS) is 18.1. The fourth-order valence-corrected chi connectivity index (χ4v) is 6.87. The summed E-state index contributed by atoms with van der Waals surface area (Å²) in [6.45, 7) is 5.26. The van der Waals surface area contributed by atoms with Crippen LogP contribution in [0.1, 0.15) is 49.2 Å². The Balaban J connectivity index is 1.39. The molecule has 4 aromatic rings. The second-order valence-corrected chi connectivity index (χ2v) is 13.4. The summed E-state index contributed by atoms with van der Waals surface area (Å²) in [6.07, 6.45) is 0.0258. The number of amides is 2. The van der Waals surface area contributed by atoms with Crippen LogP contribution in [0.4, 0.5) is 20.6 Å². The van der Waals surface area contributed by atoms with Gasteiger partial charge in [0.05, 0.1) is 27.1 Å². The van der Waals surface area contributed by atoms with Gasteiger partial charge in [0.25, 0.3) is 5.91 Å². The van der Waals surface area contributed by atoms with Gasteiger partial charge in [0, 0.05) is 16.2 Å². The number of nitrogens with zero attached hydrogens (tertiary/aromatic N) is 1. The van der Waals surface area contributed by atoms with Gasteiger partial charge in [0.15, 0.2) is 0 Å². The van der Waals surface area contributed by atoms with E-state index in [1.165, 1.54) is 12.1 Å². The van der Waals surface area contributed by atoms with Crippen molar-refractivity contribution in [2.45, 2.75) is 43.7 Å². The maximum absolute atomic E-state index is 13.6. The fourth-order valence-electron chi connectivity index (χ4n) is 4.67. The highest BCUT2D eigenvalue weighted by Gasteiger charge is 2.26. The van der Waals surface area contributed by atoms with E-state index in [2.05, 4.69) is 15.0 Å². The molecule has 2 atom stereocenters. The van der Waals surface area contributed by atoms with Gasteiger partial charge in [-0.05, 0) is 92.4 Å². The maximum Gasteiger partial charge on any atom is 0.412 e. The third-order valence-electron chi connectivity index (χ3n) is 6.72. The number of rotatable bonds is 6. The van der Waals surface area contributed by atoms with E-state index in [-0.39, 0.29) is 11.9 Å². The molecule has 1 unspecified atom stereocenters. The summed E-state index contributed by atoms with van der Waals surface area (Å²) in [5.74, 6) is -0.333. The van der Waals surface area contributed by atoms with Crippen LogP contribution in [0.15, 0.2) is 106 Å². The topological polar surface area (TPSA) is 96.9 Å². The highest BCUT2D eigenvalue weighted by molar-refractivity contribution is 7.93. The molecular weight excluding hydrogens is 553 g/mol. The Hall–Kier alpha value is -4.50. The fraction of sp³-hybridized carbons (Fsp3) is 0.212. The summed E-state index contributed by atoms with van der Waals surface area (Å²) >= 11 is 0. The monoisotopic (exact) mass is 585 g/mol. The molecule has 1 aliphatic rings. The Morgan fingerprint density at radius 3 is 2.19 bits per heavy atom. The van der Waals surface area contributed by atoms with Crippen LogP contribution in [0.2, 0.25) is 0 Å². The minimum absolute atomic E-state index is 0.119. The zero-order valence-corrected chi connectivity index (χ0v) is 24.4. The van der Waals surface area contributed by atoms with Gasteiger partial charge < -0.3 is 10.1 Å². The van der Waals surface area contributed by atoms with Gasteiger partial charge in [0.2, 0.25) is 0 Å². The minimum atomic E-state index is -2.60. The van der Waals surface area contributed by atoms with Crippen LogP contribution in [-0.4, -0.2) is 27.6 Å². The molecule has 0 saturated carbocycles. The molecule has 9 heteroatoms. The van der Waals surface area contributed by atoms with Gasteiger partial charge >= 0.3 is 6.09 Å². The molecule has 0 saturated heterocycles. The van der Waals surface area contributed by atoms with E-state index in [1.54, 1.807) is 75.4 Å². The third kappa shape index (κ3) is 6.86. The maximum atomic E-state index is 13.6. The second-order valence-electron chi connectivity index (χ2n) is 11.0. The summed E-state index contributed by atoms with van der Waals surface area (Å²) in [5, 5.41) is 5.56. The highest BCUT2D eigenvalue weighted by atomic mass is 32.2. The van der Waals surface area contributed by atoms with Crippen molar-refractivity contribution in [2.24, 2.45) is 4.36 Å². The number of hydrogen-bond acceptors (Lipinski definition) is 5. The van der Waals surface area contributed by atoms with E-state index in [4.69, 9.17) is 4.74 Å². The lowest BCUT2D eigenvalue weighted by molar-refractivity contribution is 0.0635. The number of nitrogens with one attached hydrogen (secondary N) is 2. The summed E-state index contributed by atoms with van der Waals surface area (Å²) in [5.41, 5.74) is 2.78. The molecule has 0 aliphatic carbocycles.